The number of hydrogen-bond donors (Lipinski definition) is 0. The predicted molar refractivity (Wildman–Crippen MR) is 76.4 cm³/mol. The zero-order chi connectivity index (χ0) is 16.0. The molecule has 0 aromatic carbocycles. The second-order valence-corrected chi connectivity index (χ2v) is 7.54. The van der Waals surface area contributed by atoms with E-state index in [4.69, 9.17) is 0 Å². The third-order valence-electron chi connectivity index (χ3n) is 5.36. The molecule has 0 heterocycles. The minimum Gasteiger partial charge on any atom is -0.453 e. The van der Waals surface area contributed by atoms with E-state index >= 15 is 0 Å². The Hall–Kier alpha value is -0.720. The van der Waals surface area contributed by atoms with Gasteiger partial charge in [-0.2, -0.15) is 8.78 Å². The highest BCUT2D eigenvalue weighted by Gasteiger charge is 2.64. The fraction of sp³-hybridized carbons (Fsp3) is 0.867. The lowest BCUT2D eigenvalue weighted by atomic mass is 9.49. The van der Waals surface area contributed by atoms with Crippen molar-refractivity contribution in [1.82, 2.24) is 0 Å². The van der Waals surface area contributed by atoms with Crippen LogP contribution in [0.1, 0.15) is 38.5 Å². The molecule has 0 amide bonds. The fourth-order valence-electron chi connectivity index (χ4n) is 4.93. The Morgan fingerprint density at radius 1 is 1.05 bits per heavy atom. The van der Waals surface area contributed by atoms with Crippen molar-refractivity contribution >= 4 is 27.9 Å². The van der Waals surface area contributed by atoms with Crippen LogP contribution < -0.4 is 0 Å². The molecule has 4 aliphatic rings. The molecule has 0 spiro atoms. The van der Waals surface area contributed by atoms with E-state index in [1.54, 1.807) is 0 Å². The maximum atomic E-state index is 14.6. The summed E-state index contributed by atoms with van der Waals surface area (Å²) in [4.78, 5) is 22.5. The summed E-state index contributed by atoms with van der Waals surface area (Å²) in [6.45, 7) is -0.771. The van der Waals surface area contributed by atoms with Crippen molar-refractivity contribution in [2.75, 3.05) is 11.9 Å². The van der Waals surface area contributed by atoms with Crippen LogP contribution in [0, 0.1) is 23.2 Å². The fourth-order valence-corrected chi connectivity index (χ4v) is 5.09. The van der Waals surface area contributed by atoms with Gasteiger partial charge in [-0.05, 0) is 56.3 Å². The van der Waals surface area contributed by atoms with Crippen LogP contribution in [0.15, 0.2) is 0 Å². The van der Waals surface area contributed by atoms with Crippen LogP contribution in [0.2, 0.25) is 0 Å². The first-order valence-electron chi connectivity index (χ1n) is 7.65. The summed E-state index contributed by atoms with van der Waals surface area (Å²) in [7, 11) is 0. The Labute approximate surface area is 136 Å². The summed E-state index contributed by atoms with van der Waals surface area (Å²) in [6.07, 6.45) is 0.909. The van der Waals surface area contributed by atoms with Gasteiger partial charge in [-0.15, -0.1) is 0 Å². The van der Waals surface area contributed by atoms with E-state index in [0.717, 1.165) is 19.3 Å². The summed E-state index contributed by atoms with van der Waals surface area (Å²) in [5.74, 6) is -0.865. The minimum atomic E-state index is -3.49. The zero-order valence-electron chi connectivity index (χ0n) is 12.2. The molecular formula is C15H19BrF2O4. The molecular weight excluding hydrogens is 362 g/mol. The molecule has 4 nitrogen and oxygen atoms in total. The molecule has 22 heavy (non-hydrogen) atoms. The van der Waals surface area contributed by atoms with Gasteiger partial charge in [0.2, 0.25) is 0 Å². The molecule has 4 saturated carbocycles. The van der Waals surface area contributed by atoms with Gasteiger partial charge in [-0.3, -0.25) is 4.79 Å². The van der Waals surface area contributed by atoms with Gasteiger partial charge in [-0.1, -0.05) is 15.9 Å². The van der Waals surface area contributed by atoms with Crippen LogP contribution in [0.3, 0.4) is 0 Å². The zero-order valence-corrected chi connectivity index (χ0v) is 13.7. The molecule has 0 N–H and O–H groups in total. The molecule has 0 radical (unpaired) electrons. The van der Waals surface area contributed by atoms with Crippen LogP contribution >= 0.6 is 15.9 Å². The summed E-state index contributed by atoms with van der Waals surface area (Å²) in [5, 5.41) is -0.0916. The third kappa shape index (κ3) is 2.88. The quantitative estimate of drug-likeness (QED) is 0.542. The normalized spacial score (nSPS) is 36.2. The Balaban J connectivity index is 1.65. The van der Waals surface area contributed by atoms with Crippen molar-refractivity contribution in [2.45, 2.75) is 44.6 Å². The predicted octanol–water partition coefficient (Wildman–Crippen LogP) is 3.28. The monoisotopic (exact) mass is 380 g/mol. The van der Waals surface area contributed by atoms with Crippen molar-refractivity contribution in [3.8, 4) is 0 Å². The minimum absolute atomic E-state index is 0.0916. The molecule has 124 valence electrons. The second kappa shape index (κ2) is 5.73. The summed E-state index contributed by atoms with van der Waals surface area (Å²) >= 11 is 2.86. The molecule has 0 atom stereocenters. The van der Waals surface area contributed by atoms with Crippen LogP contribution in [0.4, 0.5) is 8.78 Å². The van der Waals surface area contributed by atoms with Crippen molar-refractivity contribution in [2.24, 2.45) is 23.2 Å². The molecule has 7 heteroatoms. The number of carbonyl (C=O) groups excluding carboxylic acids is 2. The average Bonchev–Trinajstić information content (AvgIpc) is 2.42. The lowest BCUT2D eigenvalue weighted by Gasteiger charge is -2.57. The number of hydrogen-bond acceptors (Lipinski definition) is 4. The molecule has 0 aromatic rings. The van der Waals surface area contributed by atoms with Gasteiger partial charge in [0.05, 0.1) is 5.41 Å². The number of carbonyl (C=O) groups is 2. The molecule has 0 unspecified atom stereocenters. The summed E-state index contributed by atoms with van der Waals surface area (Å²) in [5.41, 5.74) is -1.21. The molecule has 0 aromatic heterocycles. The molecule has 4 fully saturated rings. The molecule has 4 bridgehead atoms. The van der Waals surface area contributed by atoms with Gasteiger partial charge >= 0.3 is 18.0 Å². The van der Waals surface area contributed by atoms with Crippen molar-refractivity contribution < 1.29 is 27.8 Å². The lowest BCUT2D eigenvalue weighted by molar-refractivity contribution is -0.323. The van der Waals surface area contributed by atoms with Crippen LogP contribution in [0.5, 0.6) is 0 Å². The van der Waals surface area contributed by atoms with Gasteiger partial charge in [-0.25, -0.2) is 4.79 Å². The highest BCUT2D eigenvalue weighted by Crippen LogP contribution is 2.65. The SMILES string of the molecule is O=C(CBr)OCC(=O)OC(F)(F)C12CC3CC(CC(C3)C1)C2. The van der Waals surface area contributed by atoms with E-state index in [2.05, 4.69) is 25.4 Å². The highest BCUT2D eigenvalue weighted by atomic mass is 79.9. The number of alkyl halides is 3. The standard InChI is InChI=1S/C15H19BrF2O4/c16-7-12(19)21-8-13(20)22-15(17,18)14-4-9-1-10(5-14)3-11(2-9)6-14/h9-11H,1-8H2. The van der Waals surface area contributed by atoms with Crippen LogP contribution in [-0.4, -0.2) is 30.0 Å². The number of halogens is 3. The first kappa shape index (κ1) is 16.1. The third-order valence-corrected chi connectivity index (χ3v) is 5.82. The van der Waals surface area contributed by atoms with Crippen molar-refractivity contribution in [3.63, 3.8) is 0 Å². The van der Waals surface area contributed by atoms with Gasteiger partial charge in [0.1, 0.15) is 5.33 Å². The number of ether oxygens (including phenoxy) is 2. The van der Waals surface area contributed by atoms with E-state index in [1.807, 2.05) is 0 Å². The van der Waals surface area contributed by atoms with E-state index in [-0.39, 0.29) is 5.33 Å². The molecule has 4 rings (SSSR count). The van der Waals surface area contributed by atoms with Gasteiger partial charge in [0.15, 0.2) is 6.61 Å². The van der Waals surface area contributed by atoms with E-state index in [0.29, 0.717) is 37.0 Å². The van der Waals surface area contributed by atoms with Crippen molar-refractivity contribution in [1.29, 1.82) is 0 Å². The van der Waals surface area contributed by atoms with Gasteiger partial charge in [0.25, 0.3) is 0 Å². The maximum Gasteiger partial charge on any atom is 0.405 e. The van der Waals surface area contributed by atoms with Gasteiger partial charge in [0, 0.05) is 0 Å². The topological polar surface area (TPSA) is 52.6 Å². The summed E-state index contributed by atoms with van der Waals surface area (Å²) < 4.78 is 38.2. The first-order valence-corrected chi connectivity index (χ1v) is 8.77. The highest BCUT2D eigenvalue weighted by molar-refractivity contribution is 9.09. The van der Waals surface area contributed by atoms with E-state index in [1.165, 1.54) is 0 Å². The molecule has 0 saturated heterocycles. The van der Waals surface area contributed by atoms with E-state index < -0.39 is 30.1 Å². The molecule has 4 aliphatic carbocycles. The number of esters is 2. The largest absolute Gasteiger partial charge is 0.453 e. The molecule has 0 aliphatic heterocycles. The Morgan fingerprint density at radius 3 is 2.00 bits per heavy atom. The Morgan fingerprint density at radius 2 is 1.55 bits per heavy atom. The summed E-state index contributed by atoms with van der Waals surface area (Å²) in [6, 6.07) is 0. The van der Waals surface area contributed by atoms with Crippen LogP contribution in [-0.2, 0) is 19.1 Å². The number of rotatable bonds is 5. The second-order valence-electron chi connectivity index (χ2n) is 6.98. The van der Waals surface area contributed by atoms with Crippen molar-refractivity contribution in [3.05, 3.63) is 0 Å². The first-order chi connectivity index (χ1) is 10.3. The van der Waals surface area contributed by atoms with Gasteiger partial charge < -0.3 is 9.47 Å². The van der Waals surface area contributed by atoms with Crippen LogP contribution in [0.25, 0.3) is 0 Å². The van der Waals surface area contributed by atoms with E-state index in [9.17, 15) is 18.4 Å². The smallest absolute Gasteiger partial charge is 0.405 e. The Kier molecular flexibility index (Phi) is 4.20. The lowest BCUT2D eigenvalue weighted by Crippen LogP contribution is -2.56. The average molecular weight is 381 g/mol. The Bertz CT molecular complexity index is 445. The maximum absolute atomic E-state index is 14.6.